The molecule has 0 saturated heterocycles. The first-order valence-corrected chi connectivity index (χ1v) is 8.75. The molecule has 1 aromatic heterocycles. The van der Waals surface area contributed by atoms with Crippen LogP contribution in [0.2, 0.25) is 5.02 Å². The zero-order chi connectivity index (χ0) is 18.5. The number of amides is 1. The first-order chi connectivity index (χ1) is 12.6. The molecule has 1 atom stereocenters. The van der Waals surface area contributed by atoms with Crippen molar-refractivity contribution in [1.29, 1.82) is 0 Å². The Hall–Kier alpha value is -2.79. The molecule has 6 heteroatoms. The minimum absolute atomic E-state index is 0.241. The molecular formula is C20H19ClN2O3. The van der Waals surface area contributed by atoms with Gasteiger partial charge in [-0.2, -0.15) is 0 Å². The fourth-order valence-electron chi connectivity index (χ4n) is 2.84. The summed E-state index contributed by atoms with van der Waals surface area (Å²) in [6.07, 6.45) is 2.16. The fraction of sp³-hybridized carbons (Fsp3) is 0.200. The number of ether oxygens (including phenoxy) is 1. The maximum absolute atomic E-state index is 12.6. The van der Waals surface area contributed by atoms with Crippen molar-refractivity contribution in [1.82, 2.24) is 10.3 Å². The van der Waals surface area contributed by atoms with Gasteiger partial charge in [-0.1, -0.05) is 41.9 Å². The van der Waals surface area contributed by atoms with Gasteiger partial charge in [-0.25, -0.2) is 4.79 Å². The van der Waals surface area contributed by atoms with Crippen molar-refractivity contribution in [2.75, 3.05) is 6.61 Å². The molecule has 0 aliphatic carbocycles. The summed E-state index contributed by atoms with van der Waals surface area (Å²) >= 11 is 6.08. The van der Waals surface area contributed by atoms with Crippen molar-refractivity contribution in [3.05, 3.63) is 70.9 Å². The molecule has 0 aliphatic rings. The van der Waals surface area contributed by atoms with E-state index in [-0.39, 0.29) is 6.61 Å². The largest absolute Gasteiger partial charge is 0.464 e. The van der Waals surface area contributed by atoms with E-state index in [1.54, 1.807) is 31.2 Å². The van der Waals surface area contributed by atoms with Gasteiger partial charge in [0, 0.05) is 23.5 Å². The molecule has 134 valence electrons. The number of hydrogen-bond acceptors (Lipinski definition) is 3. The molecule has 0 bridgehead atoms. The Morgan fingerprint density at radius 2 is 1.88 bits per heavy atom. The lowest BCUT2D eigenvalue weighted by Crippen LogP contribution is -2.43. The molecule has 1 amide bonds. The second-order valence-corrected chi connectivity index (χ2v) is 6.23. The van der Waals surface area contributed by atoms with Gasteiger partial charge in [-0.05, 0) is 30.7 Å². The lowest BCUT2D eigenvalue weighted by atomic mass is 10.0. The van der Waals surface area contributed by atoms with Crippen LogP contribution in [0.3, 0.4) is 0 Å². The highest BCUT2D eigenvalue weighted by atomic mass is 35.5. The number of carbonyl (C=O) groups excluding carboxylic acids is 2. The number of para-hydroxylation sites is 1. The highest BCUT2D eigenvalue weighted by Crippen LogP contribution is 2.20. The summed E-state index contributed by atoms with van der Waals surface area (Å²) in [5, 5.41) is 4.09. The predicted molar refractivity (Wildman–Crippen MR) is 101 cm³/mol. The van der Waals surface area contributed by atoms with Crippen LogP contribution < -0.4 is 5.32 Å². The standard InChI is InChI=1S/C20H19ClN2O3/c1-2-26-20(25)18(23-19(24)15-8-3-5-9-16(15)21)11-13-12-22-17-10-6-4-7-14(13)17/h3-10,12,18,22H,2,11H2,1H3,(H,23,24). The summed E-state index contributed by atoms with van der Waals surface area (Å²) in [5.41, 5.74) is 2.23. The van der Waals surface area contributed by atoms with Crippen molar-refractivity contribution in [3.63, 3.8) is 0 Å². The van der Waals surface area contributed by atoms with Crippen molar-refractivity contribution in [3.8, 4) is 0 Å². The average Bonchev–Trinajstić information content (AvgIpc) is 3.05. The third-order valence-corrected chi connectivity index (χ3v) is 4.42. The molecule has 2 N–H and O–H groups in total. The number of esters is 1. The zero-order valence-corrected chi connectivity index (χ0v) is 15.0. The molecule has 0 aliphatic heterocycles. The van der Waals surface area contributed by atoms with Gasteiger partial charge in [-0.15, -0.1) is 0 Å². The maximum atomic E-state index is 12.6. The van der Waals surface area contributed by atoms with Crippen molar-refractivity contribution < 1.29 is 14.3 Å². The van der Waals surface area contributed by atoms with E-state index in [1.165, 1.54) is 0 Å². The van der Waals surface area contributed by atoms with Crippen LogP contribution in [0.4, 0.5) is 0 Å². The smallest absolute Gasteiger partial charge is 0.328 e. The zero-order valence-electron chi connectivity index (χ0n) is 14.3. The van der Waals surface area contributed by atoms with Gasteiger partial charge in [0.1, 0.15) is 6.04 Å². The normalized spacial score (nSPS) is 11.9. The quantitative estimate of drug-likeness (QED) is 0.649. The Morgan fingerprint density at radius 1 is 1.15 bits per heavy atom. The van der Waals surface area contributed by atoms with Crippen molar-refractivity contribution in [2.45, 2.75) is 19.4 Å². The summed E-state index contributed by atoms with van der Waals surface area (Å²) in [5.74, 6) is -0.883. The van der Waals surface area contributed by atoms with E-state index in [0.717, 1.165) is 16.5 Å². The molecule has 0 saturated carbocycles. The Balaban J connectivity index is 1.84. The minimum Gasteiger partial charge on any atom is -0.464 e. The van der Waals surface area contributed by atoms with E-state index >= 15 is 0 Å². The third-order valence-electron chi connectivity index (χ3n) is 4.09. The predicted octanol–water partition coefficient (Wildman–Crippen LogP) is 3.73. The van der Waals surface area contributed by atoms with Crippen molar-refractivity contribution in [2.24, 2.45) is 0 Å². The molecule has 0 radical (unpaired) electrons. The number of hydrogen-bond donors (Lipinski definition) is 2. The highest BCUT2D eigenvalue weighted by Gasteiger charge is 2.25. The van der Waals surface area contributed by atoms with Crippen LogP contribution in [-0.4, -0.2) is 29.5 Å². The van der Waals surface area contributed by atoms with Gasteiger partial charge >= 0.3 is 5.97 Å². The molecule has 0 spiro atoms. The van der Waals surface area contributed by atoms with E-state index < -0.39 is 17.9 Å². The number of rotatable bonds is 6. The minimum atomic E-state index is -0.807. The van der Waals surface area contributed by atoms with Gasteiger partial charge in [0.05, 0.1) is 17.2 Å². The number of aromatic amines is 1. The summed E-state index contributed by atoms with van der Waals surface area (Å²) < 4.78 is 5.14. The van der Waals surface area contributed by atoms with Gasteiger partial charge in [0.25, 0.3) is 5.91 Å². The van der Waals surface area contributed by atoms with Crippen LogP contribution in [0.15, 0.2) is 54.7 Å². The van der Waals surface area contributed by atoms with Crippen LogP contribution in [-0.2, 0) is 16.0 Å². The molecule has 5 nitrogen and oxygen atoms in total. The highest BCUT2D eigenvalue weighted by molar-refractivity contribution is 6.33. The Labute approximate surface area is 156 Å². The summed E-state index contributed by atoms with van der Waals surface area (Å²) in [6.45, 7) is 1.97. The number of nitrogens with one attached hydrogen (secondary N) is 2. The number of fused-ring (bicyclic) bond motifs is 1. The van der Waals surface area contributed by atoms with E-state index in [2.05, 4.69) is 10.3 Å². The number of benzene rings is 2. The van der Waals surface area contributed by atoms with Gasteiger partial charge in [-0.3, -0.25) is 4.79 Å². The summed E-state index contributed by atoms with van der Waals surface area (Å²) in [7, 11) is 0. The topological polar surface area (TPSA) is 71.2 Å². The van der Waals surface area contributed by atoms with Crippen LogP contribution in [0, 0.1) is 0 Å². The Bertz CT molecular complexity index is 935. The van der Waals surface area contributed by atoms with E-state index in [0.29, 0.717) is 17.0 Å². The number of H-pyrrole nitrogens is 1. The molecule has 1 unspecified atom stereocenters. The molecule has 0 fully saturated rings. The Kier molecular flexibility index (Phi) is 5.58. The number of aromatic nitrogens is 1. The Morgan fingerprint density at radius 3 is 2.65 bits per heavy atom. The number of halogens is 1. The molecule has 3 rings (SSSR count). The monoisotopic (exact) mass is 370 g/mol. The van der Waals surface area contributed by atoms with Gasteiger partial charge in [0.2, 0.25) is 0 Å². The second-order valence-electron chi connectivity index (χ2n) is 5.82. The lowest BCUT2D eigenvalue weighted by Gasteiger charge is -2.17. The van der Waals surface area contributed by atoms with Crippen LogP contribution >= 0.6 is 11.6 Å². The van der Waals surface area contributed by atoms with Gasteiger partial charge in [0.15, 0.2) is 0 Å². The van der Waals surface area contributed by atoms with Crippen LogP contribution in [0.25, 0.3) is 10.9 Å². The number of carbonyl (C=O) groups is 2. The fourth-order valence-corrected chi connectivity index (χ4v) is 3.06. The van der Waals surface area contributed by atoms with Gasteiger partial charge < -0.3 is 15.0 Å². The summed E-state index contributed by atoms with van der Waals surface area (Å²) in [4.78, 5) is 28.1. The van der Waals surface area contributed by atoms with E-state index in [4.69, 9.17) is 16.3 Å². The van der Waals surface area contributed by atoms with E-state index in [1.807, 2.05) is 30.5 Å². The molecule has 2 aromatic carbocycles. The average molecular weight is 371 g/mol. The SMILES string of the molecule is CCOC(=O)C(Cc1c[nH]c2ccccc12)NC(=O)c1ccccc1Cl. The summed E-state index contributed by atoms with van der Waals surface area (Å²) in [6, 6.07) is 13.7. The van der Waals surface area contributed by atoms with Crippen LogP contribution in [0.1, 0.15) is 22.8 Å². The molecule has 3 aromatic rings. The third kappa shape index (κ3) is 3.89. The van der Waals surface area contributed by atoms with Crippen LogP contribution in [0.5, 0.6) is 0 Å². The lowest BCUT2D eigenvalue weighted by molar-refractivity contribution is -0.145. The molecular weight excluding hydrogens is 352 g/mol. The first kappa shape index (κ1) is 18.0. The van der Waals surface area contributed by atoms with E-state index in [9.17, 15) is 9.59 Å². The van der Waals surface area contributed by atoms with Crippen molar-refractivity contribution >= 4 is 34.4 Å². The maximum Gasteiger partial charge on any atom is 0.328 e. The molecule has 26 heavy (non-hydrogen) atoms. The first-order valence-electron chi connectivity index (χ1n) is 8.37. The second kappa shape index (κ2) is 8.06. The molecule has 1 heterocycles.